The Hall–Kier alpha value is -1.83. The van der Waals surface area contributed by atoms with E-state index in [-0.39, 0.29) is 12.1 Å². The first-order valence-electron chi connectivity index (χ1n) is 4.95. The molecule has 0 radical (unpaired) electrons. The summed E-state index contributed by atoms with van der Waals surface area (Å²) < 4.78 is 5.10. The molecule has 0 saturated carbocycles. The zero-order valence-corrected chi connectivity index (χ0v) is 8.30. The van der Waals surface area contributed by atoms with Crippen LogP contribution in [0.2, 0.25) is 0 Å². The Bertz CT molecular complexity index is 390. The van der Waals surface area contributed by atoms with Crippen LogP contribution in [0.5, 0.6) is 0 Å². The molecule has 1 aromatic carbocycles. The third-order valence-corrected chi connectivity index (χ3v) is 2.19. The molecule has 2 nitrogen and oxygen atoms in total. The normalized spacial score (nSPS) is 20.5. The van der Waals surface area contributed by atoms with Gasteiger partial charge in [-0.15, -0.1) is 0 Å². The molecule has 0 amide bonds. The van der Waals surface area contributed by atoms with Crippen LogP contribution in [0.15, 0.2) is 48.6 Å². The highest BCUT2D eigenvalue weighted by atomic mass is 16.5. The first kappa shape index (κ1) is 9.71. The molecule has 76 valence electrons. The molecule has 1 aliphatic rings. The van der Waals surface area contributed by atoms with Gasteiger partial charge in [0.1, 0.15) is 6.10 Å². The summed E-state index contributed by atoms with van der Waals surface area (Å²) in [5.74, 6) is -0.260. The lowest BCUT2D eigenvalue weighted by Crippen LogP contribution is -2.17. The second kappa shape index (κ2) is 4.60. The van der Waals surface area contributed by atoms with E-state index in [1.165, 1.54) is 6.08 Å². The van der Waals surface area contributed by atoms with E-state index in [1.807, 2.05) is 48.6 Å². The third-order valence-electron chi connectivity index (χ3n) is 2.19. The topological polar surface area (TPSA) is 26.3 Å². The van der Waals surface area contributed by atoms with Crippen LogP contribution in [0.25, 0.3) is 6.08 Å². The highest BCUT2D eigenvalue weighted by molar-refractivity contribution is 5.83. The van der Waals surface area contributed by atoms with Crippen LogP contribution in [-0.2, 0) is 9.53 Å². The molecule has 1 aromatic rings. The van der Waals surface area contributed by atoms with Gasteiger partial charge in [0.25, 0.3) is 0 Å². The quantitative estimate of drug-likeness (QED) is 0.686. The van der Waals surface area contributed by atoms with Crippen molar-refractivity contribution in [2.75, 3.05) is 0 Å². The van der Waals surface area contributed by atoms with Crippen molar-refractivity contribution in [1.82, 2.24) is 0 Å². The smallest absolute Gasteiger partial charge is 0.331 e. The number of cyclic esters (lactones) is 1. The SMILES string of the molecule is O=C1C=CC[C@H](/C=C/c2ccccc2)O1. The minimum absolute atomic E-state index is 0.122. The highest BCUT2D eigenvalue weighted by Gasteiger charge is 2.11. The van der Waals surface area contributed by atoms with Crippen LogP contribution in [0.4, 0.5) is 0 Å². The Labute approximate surface area is 88.9 Å². The van der Waals surface area contributed by atoms with E-state index in [4.69, 9.17) is 4.74 Å². The molecule has 0 N–H and O–H groups in total. The first-order valence-corrected chi connectivity index (χ1v) is 4.95. The average Bonchev–Trinajstić information content (AvgIpc) is 2.28. The van der Waals surface area contributed by atoms with E-state index in [9.17, 15) is 4.79 Å². The summed E-state index contributed by atoms with van der Waals surface area (Å²) in [5, 5.41) is 0. The number of carbonyl (C=O) groups is 1. The second-order valence-corrected chi connectivity index (χ2v) is 3.38. The molecule has 1 aliphatic heterocycles. The molecular weight excluding hydrogens is 188 g/mol. The molecule has 0 spiro atoms. The van der Waals surface area contributed by atoms with Gasteiger partial charge >= 0.3 is 5.97 Å². The fraction of sp³-hybridized carbons (Fsp3) is 0.154. The zero-order chi connectivity index (χ0) is 10.5. The van der Waals surface area contributed by atoms with Crippen molar-refractivity contribution in [3.8, 4) is 0 Å². The number of esters is 1. The number of ether oxygens (including phenoxy) is 1. The van der Waals surface area contributed by atoms with Gasteiger partial charge in [-0.1, -0.05) is 42.5 Å². The fourth-order valence-corrected chi connectivity index (χ4v) is 1.44. The van der Waals surface area contributed by atoms with Crippen LogP contribution >= 0.6 is 0 Å². The van der Waals surface area contributed by atoms with E-state index >= 15 is 0 Å². The van der Waals surface area contributed by atoms with E-state index in [1.54, 1.807) is 0 Å². The van der Waals surface area contributed by atoms with E-state index in [0.717, 1.165) is 12.0 Å². The lowest BCUT2D eigenvalue weighted by atomic mass is 10.1. The molecule has 0 bridgehead atoms. The van der Waals surface area contributed by atoms with E-state index < -0.39 is 0 Å². The van der Waals surface area contributed by atoms with Crippen molar-refractivity contribution in [2.45, 2.75) is 12.5 Å². The van der Waals surface area contributed by atoms with Gasteiger partial charge in [0.15, 0.2) is 0 Å². The highest BCUT2D eigenvalue weighted by Crippen LogP contribution is 2.11. The van der Waals surface area contributed by atoms with Crippen LogP contribution in [0, 0.1) is 0 Å². The van der Waals surface area contributed by atoms with Crippen LogP contribution in [0.1, 0.15) is 12.0 Å². The summed E-state index contributed by atoms with van der Waals surface area (Å²) in [6.07, 6.45) is 7.82. The summed E-state index contributed by atoms with van der Waals surface area (Å²) >= 11 is 0. The van der Waals surface area contributed by atoms with Crippen LogP contribution in [-0.4, -0.2) is 12.1 Å². The average molecular weight is 200 g/mol. The second-order valence-electron chi connectivity index (χ2n) is 3.38. The van der Waals surface area contributed by atoms with Gasteiger partial charge in [0.2, 0.25) is 0 Å². The maximum absolute atomic E-state index is 10.9. The van der Waals surface area contributed by atoms with Gasteiger partial charge < -0.3 is 4.74 Å². The Morgan fingerprint density at radius 1 is 1.27 bits per heavy atom. The van der Waals surface area contributed by atoms with E-state index in [2.05, 4.69) is 0 Å². The molecule has 1 heterocycles. The maximum Gasteiger partial charge on any atom is 0.331 e. The summed E-state index contributed by atoms with van der Waals surface area (Å²) in [4.78, 5) is 10.9. The lowest BCUT2D eigenvalue weighted by Gasteiger charge is -2.14. The van der Waals surface area contributed by atoms with Gasteiger partial charge in [-0.25, -0.2) is 4.79 Å². The predicted octanol–water partition coefficient (Wildman–Crippen LogP) is 2.57. The van der Waals surface area contributed by atoms with Gasteiger partial charge in [-0.05, 0) is 11.6 Å². The number of hydrogen-bond donors (Lipinski definition) is 0. The number of rotatable bonds is 2. The molecule has 1 atom stereocenters. The molecule has 0 saturated heterocycles. The number of carbonyl (C=O) groups excluding carboxylic acids is 1. The Morgan fingerprint density at radius 2 is 2.07 bits per heavy atom. The Balaban J connectivity index is 2.00. The van der Waals surface area contributed by atoms with Crippen LogP contribution < -0.4 is 0 Å². The maximum atomic E-state index is 10.9. The number of benzene rings is 1. The molecule has 0 fully saturated rings. The Kier molecular flexibility index (Phi) is 2.98. The molecular formula is C13H12O2. The molecule has 15 heavy (non-hydrogen) atoms. The van der Waals surface area contributed by atoms with Crippen molar-refractivity contribution in [3.63, 3.8) is 0 Å². The van der Waals surface area contributed by atoms with Gasteiger partial charge in [-0.2, -0.15) is 0 Å². The van der Waals surface area contributed by atoms with Gasteiger partial charge in [0, 0.05) is 12.5 Å². The standard InChI is InChI=1S/C13H12O2/c14-13-8-4-7-12(15-13)10-9-11-5-2-1-3-6-11/h1-6,8-10,12H,7H2/b10-9+/t12-/m1/s1. The largest absolute Gasteiger partial charge is 0.455 e. The molecule has 2 rings (SSSR count). The van der Waals surface area contributed by atoms with Crippen molar-refractivity contribution >= 4 is 12.0 Å². The minimum atomic E-state index is -0.260. The molecule has 2 heteroatoms. The summed E-state index contributed by atoms with van der Waals surface area (Å²) in [5.41, 5.74) is 1.11. The summed E-state index contributed by atoms with van der Waals surface area (Å²) in [6, 6.07) is 9.95. The van der Waals surface area contributed by atoms with Crippen molar-refractivity contribution in [3.05, 3.63) is 54.1 Å². The predicted molar refractivity (Wildman–Crippen MR) is 59.1 cm³/mol. The first-order chi connectivity index (χ1) is 7.34. The Morgan fingerprint density at radius 3 is 2.80 bits per heavy atom. The lowest BCUT2D eigenvalue weighted by molar-refractivity contribution is -0.141. The molecule has 0 aliphatic carbocycles. The summed E-state index contributed by atoms with van der Waals surface area (Å²) in [6.45, 7) is 0. The van der Waals surface area contributed by atoms with Gasteiger partial charge in [-0.3, -0.25) is 0 Å². The summed E-state index contributed by atoms with van der Waals surface area (Å²) in [7, 11) is 0. The number of hydrogen-bond acceptors (Lipinski definition) is 2. The monoisotopic (exact) mass is 200 g/mol. The van der Waals surface area contributed by atoms with Crippen LogP contribution in [0.3, 0.4) is 0 Å². The minimum Gasteiger partial charge on any atom is -0.455 e. The van der Waals surface area contributed by atoms with Crippen molar-refractivity contribution < 1.29 is 9.53 Å². The van der Waals surface area contributed by atoms with Crippen molar-refractivity contribution in [2.24, 2.45) is 0 Å². The third kappa shape index (κ3) is 2.81. The fourth-order valence-electron chi connectivity index (χ4n) is 1.44. The molecule has 0 unspecified atom stereocenters. The van der Waals surface area contributed by atoms with Gasteiger partial charge in [0.05, 0.1) is 0 Å². The van der Waals surface area contributed by atoms with Crippen molar-refractivity contribution in [1.29, 1.82) is 0 Å². The van der Waals surface area contributed by atoms with E-state index in [0.29, 0.717) is 0 Å². The molecule has 0 aromatic heterocycles. The zero-order valence-electron chi connectivity index (χ0n) is 8.30.